The van der Waals surface area contributed by atoms with E-state index in [1.807, 2.05) is 0 Å². The van der Waals surface area contributed by atoms with E-state index in [-0.39, 0.29) is 63.3 Å². The third-order valence-corrected chi connectivity index (χ3v) is 4.01. The van der Waals surface area contributed by atoms with Crippen molar-refractivity contribution in [2.75, 3.05) is 58.9 Å². The Morgan fingerprint density at radius 1 is 0.621 bits per heavy atom. The molecule has 29 heavy (non-hydrogen) atoms. The molecule has 0 aliphatic heterocycles. The van der Waals surface area contributed by atoms with E-state index in [2.05, 4.69) is 0 Å². The van der Waals surface area contributed by atoms with Gasteiger partial charge in [0.15, 0.2) is 0 Å². The van der Waals surface area contributed by atoms with E-state index in [0.717, 1.165) is 0 Å². The van der Waals surface area contributed by atoms with Crippen molar-refractivity contribution in [1.82, 2.24) is 14.7 Å². The van der Waals surface area contributed by atoms with Crippen LogP contribution in [-0.4, -0.2) is 118 Å². The van der Waals surface area contributed by atoms with Gasteiger partial charge in [-0.15, -0.1) is 0 Å². The average molecular weight is 417 g/mol. The van der Waals surface area contributed by atoms with E-state index in [9.17, 15) is 24.0 Å². The van der Waals surface area contributed by atoms with E-state index >= 15 is 0 Å². The predicted octanol–water partition coefficient (Wildman–Crippen LogP) is -1.04. The highest BCUT2D eigenvalue weighted by molar-refractivity contribution is 5.82. The summed E-state index contributed by atoms with van der Waals surface area (Å²) in [5.41, 5.74) is 0. The SMILES string of the molecule is CC(=O)CN(CCN(CCN(CC(=O)O)CC(=O)O)CC(=O)C(C)C)CC(=O)O. The van der Waals surface area contributed by atoms with Gasteiger partial charge in [0.2, 0.25) is 0 Å². The van der Waals surface area contributed by atoms with Gasteiger partial charge in [0.05, 0.1) is 32.7 Å². The third-order valence-electron chi connectivity index (χ3n) is 4.01. The average Bonchev–Trinajstić information content (AvgIpc) is 2.54. The van der Waals surface area contributed by atoms with Gasteiger partial charge in [-0.2, -0.15) is 0 Å². The lowest BCUT2D eigenvalue weighted by Crippen LogP contribution is -2.45. The van der Waals surface area contributed by atoms with Gasteiger partial charge in [-0.25, -0.2) is 0 Å². The minimum Gasteiger partial charge on any atom is -0.480 e. The molecule has 0 saturated heterocycles. The maximum absolute atomic E-state index is 12.1. The zero-order valence-electron chi connectivity index (χ0n) is 17.2. The van der Waals surface area contributed by atoms with Crippen molar-refractivity contribution in [3.8, 4) is 0 Å². The first kappa shape index (κ1) is 26.6. The molecule has 0 aromatic rings. The van der Waals surface area contributed by atoms with Crippen LogP contribution in [0.5, 0.6) is 0 Å². The lowest BCUT2D eigenvalue weighted by Gasteiger charge is -2.28. The number of carbonyl (C=O) groups excluding carboxylic acids is 2. The summed E-state index contributed by atoms with van der Waals surface area (Å²) in [6, 6.07) is 0. The van der Waals surface area contributed by atoms with E-state index < -0.39 is 31.0 Å². The standard InChI is InChI=1S/C18H31N3O8/c1-13(2)15(23)9-19(4-6-20(8-14(3)22)10-16(24)25)5-7-21(11-17(26)27)12-18(28)29/h13H,4-12H2,1-3H3,(H,24,25)(H,26,27)(H,28,29). The molecule has 3 N–H and O–H groups in total. The zero-order chi connectivity index (χ0) is 22.6. The van der Waals surface area contributed by atoms with Crippen molar-refractivity contribution < 1.29 is 39.3 Å². The third kappa shape index (κ3) is 14.3. The van der Waals surface area contributed by atoms with Crippen LogP contribution in [0.3, 0.4) is 0 Å². The van der Waals surface area contributed by atoms with Crippen LogP contribution in [0.4, 0.5) is 0 Å². The molecule has 0 spiro atoms. The summed E-state index contributed by atoms with van der Waals surface area (Å²) < 4.78 is 0. The zero-order valence-corrected chi connectivity index (χ0v) is 17.2. The number of ketones is 2. The fourth-order valence-corrected chi connectivity index (χ4v) is 2.56. The van der Waals surface area contributed by atoms with Crippen LogP contribution in [0.2, 0.25) is 0 Å². The fourth-order valence-electron chi connectivity index (χ4n) is 2.56. The van der Waals surface area contributed by atoms with Gasteiger partial charge in [-0.05, 0) is 6.92 Å². The van der Waals surface area contributed by atoms with Crippen molar-refractivity contribution in [3.05, 3.63) is 0 Å². The minimum absolute atomic E-state index is 0.0393. The normalized spacial score (nSPS) is 11.4. The number of carboxylic acids is 3. The summed E-state index contributed by atoms with van der Waals surface area (Å²) in [6.07, 6.45) is 0. The predicted molar refractivity (Wildman–Crippen MR) is 103 cm³/mol. The summed E-state index contributed by atoms with van der Waals surface area (Å²) >= 11 is 0. The molecule has 0 fully saturated rings. The highest BCUT2D eigenvalue weighted by Gasteiger charge is 2.19. The highest BCUT2D eigenvalue weighted by Crippen LogP contribution is 2.01. The molecule has 0 heterocycles. The molecule has 11 heteroatoms. The van der Waals surface area contributed by atoms with Crippen LogP contribution in [0, 0.1) is 5.92 Å². The Hall–Kier alpha value is -2.37. The molecule has 11 nitrogen and oxygen atoms in total. The topological polar surface area (TPSA) is 156 Å². The van der Waals surface area contributed by atoms with E-state index in [4.69, 9.17) is 15.3 Å². The summed E-state index contributed by atoms with van der Waals surface area (Å²) in [7, 11) is 0. The molecule has 0 aliphatic carbocycles. The summed E-state index contributed by atoms with van der Waals surface area (Å²) in [5.74, 6) is -3.87. The Bertz CT molecular complexity index is 522. The number of carboxylic acid groups (broad SMARTS) is 3. The van der Waals surface area contributed by atoms with Gasteiger partial charge >= 0.3 is 17.9 Å². The Balaban J connectivity index is 5.07. The first-order valence-corrected chi connectivity index (χ1v) is 9.25. The smallest absolute Gasteiger partial charge is 0.317 e. The van der Waals surface area contributed by atoms with E-state index in [0.29, 0.717) is 0 Å². The molecule has 0 unspecified atom stereocenters. The van der Waals surface area contributed by atoms with Gasteiger partial charge < -0.3 is 15.3 Å². The number of Topliss-reactive ketones (excluding diaryl/α,β-unsaturated/α-hetero) is 2. The molecule has 0 saturated carbocycles. The highest BCUT2D eigenvalue weighted by atomic mass is 16.4. The van der Waals surface area contributed by atoms with Crippen LogP contribution in [0.15, 0.2) is 0 Å². The first-order valence-electron chi connectivity index (χ1n) is 9.25. The lowest BCUT2D eigenvalue weighted by atomic mass is 10.1. The number of hydrogen-bond donors (Lipinski definition) is 3. The molecular formula is C18H31N3O8. The Morgan fingerprint density at radius 2 is 0.966 bits per heavy atom. The second kappa shape index (κ2) is 13.7. The van der Waals surface area contributed by atoms with Crippen LogP contribution >= 0.6 is 0 Å². The number of carbonyl (C=O) groups is 5. The molecule has 0 atom stereocenters. The lowest BCUT2D eigenvalue weighted by molar-refractivity contribution is -0.142. The summed E-state index contributed by atoms with van der Waals surface area (Å²) in [6.45, 7) is 4.46. The Labute approximate surface area is 169 Å². The molecule has 0 rings (SSSR count). The minimum atomic E-state index is -1.16. The second-order valence-electron chi connectivity index (χ2n) is 7.20. The maximum atomic E-state index is 12.1. The molecule has 0 amide bonds. The van der Waals surface area contributed by atoms with Crippen molar-refractivity contribution in [1.29, 1.82) is 0 Å². The van der Waals surface area contributed by atoms with Crippen molar-refractivity contribution >= 4 is 29.5 Å². The number of rotatable bonds is 17. The monoisotopic (exact) mass is 417 g/mol. The van der Waals surface area contributed by atoms with Gasteiger partial charge in [0.25, 0.3) is 0 Å². The number of hydrogen-bond acceptors (Lipinski definition) is 8. The fraction of sp³-hybridized carbons (Fsp3) is 0.722. The van der Waals surface area contributed by atoms with Crippen molar-refractivity contribution in [2.24, 2.45) is 5.92 Å². The number of aliphatic carboxylic acids is 3. The van der Waals surface area contributed by atoms with E-state index in [1.54, 1.807) is 18.7 Å². The second-order valence-corrected chi connectivity index (χ2v) is 7.20. The Morgan fingerprint density at radius 3 is 1.28 bits per heavy atom. The molecule has 0 aliphatic rings. The van der Waals surface area contributed by atoms with Crippen LogP contribution in [-0.2, 0) is 24.0 Å². The van der Waals surface area contributed by atoms with Gasteiger partial charge in [-0.3, -0.25) is 38.7 Å². The summed E-state index contributed by atoms with van der Waals surface area (Å²) in [5, 5.41) is 26.8. The molecule has 0 aromatic carbocycles. The molecule has 0 radical (unpaired) electrons. The van der Waals surface area contributed by atoms with Crippen molar-refractivity contribution in [3.63, 3.8) is 0 Å². The molecular weight excluding hydrogens is 386 g/mol. The van der Waals surface area contributed by atoms with Crippen molar-refractivity contribution in [2.45, 2.75) is 20.8 Å². The van der Waals surface area contributed by atoms with Gasteiger partial charge in [-0.1, -0.05) is 13.8 Å². The molecule has 0 aromatic heterocycles. The maximum Gasteiger partial charge on any atom is 0.317 e. The summed E-state index contributed by atoms with van der Waals surface area (Å²) in [4.78, 5) is 60.7. The first-order chi connectivity index (χ1) is 13.4. The number of nitrogens with zero attached hydrogens (tertiary/aromatic N) is 3. The van der Waals surface area contributed by atoms with Gasteiger partial charge in [0.1, 0.15) is 11.6 Å². The molecule has 0 bridgehead atoms. The quantitative estimate of drug-likeness (QED) is 0.266. The van der Waals surface area contributed by atoms with Gasteiger partial charge in [0, 0.05) is 32.1 Å². The largest absolute Gasteiger partial charge is 0.480 e. The van der Waals surface area contributed by atoms with Crippen LogP contribution in [0.1, 0.15) is 20.8 Å². The molecule has 166 valence electrons. The Kier molecular flexibility index (Phi) is 12.6. The van der Waals surface area contributed by atoms with E-state index in [1.165, 1.54) is 16.7 Å². The van der Waals surface area contributed by atoms with Crippen LogP contribution in [0.25, 0.3) is 0 Å². The van der Waals surface area contributed by atoms with Crippen LogP contribution < -0.4 is 0 Å².